The molecule has 1 heterocycles. The smallest absolute Gasteiger partial charge is 0.00963 e. The van der Waals surface area contributed by atoms with Gasteiger partial charge in [-0.15, -0.1) is 0 Å². The van der Waals surface area contributed by atoms with E-state index in [1.807, 2.05) is 0 Å². The molecule has 1 nitrogen and oxygen atoms in total. The van der Waals surface area contributed by atoms with Crippen LogP contribution in [0.2, 0.25) is 0 Å². The Labute approximate surface area is 95.2 Å². The fraction of sp³-hybridized carbons (Fsp3) is 0.643. The van der Waals surface area contributed by atoms with E-state index in [2.05, 4.69) is 44.4 Å². The van der Waals surface area contributed by atoms with E-state index in [1.165, 1.54) is 31.6 Å². The molecule has 0 aromatic heterocycles. The SMILES string of the molecule is CC[C@@H]1CC[C@@H](CC)N1C[C]1[CH][CH][CH][CH]1. The third-order valence-electron chi connectivity index (χ3n) is 3.81. The van der Waals surface area contributed by atoms with E-state index >= 15 is 0 Å². The fourth-order valence-electron chi connectivity index (χ4n) is 2.88. The molecule has 83 valence electrons. The van der Waals surface area contributed by atoms with Crippen molar-refractivity contribution in [3.63, 3.8) is 0 Å². The highest BCUT2D eigenvalue weighted by atomic mass is 15.2. The summed E-state index contributed by atoms with van der Waals surface area (Å²) in [5.74, 6) is 1.48. The molecular weight excluding hydrogens is 182 g/mol. The molecule has 2 aliphatic rings. The summed E-state index contributed by atoms with van der Waals surface area (Å²) in [5.41, 5.74) is 0. The quantitative estimate of drug-likeness (QED) is 0.680. The minimum absolute atomic E-state index is 0.824. The van der Waals surface area contributed by atoms with Gasteiger partial charge in [-0.05, 0) is 57.3 Å². The van der Waals surface area contributed by atoms with E-state index in [0.717, 1.165) is 18.6 Å². The Bertz CT molecular complexity index is 172. The van der Waals surface area contributed by atoms with Gasteiger partial charge in [0.1, 0.15) is 0 Å². The monoisotopic (exact) mass is 204 g/mol. The molecule has 0 bridgehead atoms. The molecule has 0 spiro atoms. The maximum atomic E-state index is 2.72. The van der Waals surface area contributed by atoms with Gasteiger partial charge in [-0.3, -0.25) is 4.90 Å². The van der Waals surface area contributed by atoms with Crippen molar-refractivity contribution < 1.29 is 0 Å². The number of likely N-dealkylation sites (tertiary alicyclic amines) is 1. The van der Waals surface area contributed by atoms with Gasteiger partial charge in [-0.2, -0.15) is 0 Å². The molecule has 1 saturated heterocycles. The van der Waals surface area contributed by atoms with Crippen LogP contribution >= 0.6 is 0 Å². The Hall–Kier alpha value is -0.0400. The van der Waals surface area contributed by atoms with Crippen molar-refractivity contribution in [3.05, 3.63) is 31.6 Å². The van der Waals surface area contributed by atoms with E-state index < -0.39 is 0 Å². The molecule has 2 fully saturated rings. The zero-order valence-electron chi connectivity index (χ0n) is 9.95. The lowest BCUT2D eigenvalue weighted by atomic mass is 10.1. The van der Waals surface area contributed by atoms with E-state index in [-0.39, 0.29) is 0 Å². The van der Waals surface area contributed by atoms with Crippen LogP contribution < -0.4 is 0 Å². The van der Waals surface area contributed by atoms with Gasteiger partial charge in [0.15, 0.2) is 0 Å². The van der Waals surface area contributed by atoms with Gasteiger partial charge in [0, 0.05) is 18.6 Å². The van der Waals surface area contributed by atoms with Gasteiger partial charge in [0.05, 0.1) is 0 Å². The second-order valence-electron chi connectivity index (χ2n) is 4.67. The first-order valence-corrected chi connectivity index (χ1v) is 6.31. The number of hydrogen-bond donors (Lipinski definition) is 0. The van der Waals surface area contributed by atoms with Crippen LogP contribution in [0, 0.1) is 31.6 Å². The molecular formula is C14H22N. The summed E-state index contributed by atoms with van der Waals surface area (Å²) >= 11 is 0. The highest BCUT2D eigenvalue weighted by Crippen LogP contribution is 2.32. The molecule has 0 aromatic rings. The first-order valence-electron chi connectivity index (χ1n) is 6.31. The number of rotatable bonds is 4. The van der Waals surface area contributed by atoms with Crippen molar-refractivity contribution in [2.24, 2.45) is 0 Å². The van der Waals surface area contributed by atoms with Crippen LogP contribution in [0.15, 0.2) is 0 Å². The molecule has 1 saturated carbocycles. The summed E-state index contributed by atoms with van der Waals surface area (Å²) in [6, 6.07) is 1.65. The van der Waals surface area contributed by atoms with Crippen LogP contribution in [-0.4, -0.2) is 23.5 Å². The van der Waals surface area contributed by atoms with Crippen molar-refractivity contribution in [3.8, 4) is 0 Å². The Kier molecular flexibility index (Phi) is 4.07. The topological polar surface area (TPSA) is 3.24 Å². The summed E-state index contributed by atoms with van der Waals surface area (Å²) in [6.45, 7) is 5.80. The predicted octanol–water partition coefficient (Wildman–Crippen LogP) is 3.04. The third-order valence-corrected chi connectivity index (χ3v) is 3.81. The second kappa shape index (κ2) is 5.34. The lowest BCUT2D eigenvalue weighted by Gasteiger charge is -2.31. The molecule has 0 amide bonds. The molecule has 15 heavy (non-hydrogen) atoms. The zero-order valence-corrected chi connectivity index (χ0v) is 9.95. The van der Waals surface area contributed by atoms with Crippen LogP contribution in [0.3, 0.4) is 0 Å². The first-order chi connectivity index (χ1) is 7.35. The molecule has 2 rings (SSSR count). The van der Waals surface area contributed by atoms with E-state index in [4.69, 9.17) is 0 Å². The maximum absolute atomic E-state index is 2.72. The molecule has 0 unspecified atom stereocenters. The van der Waals surface area contributed by atoms with Gasteiger partial charge in [-0.1, -0.05) is 13.8 Å². The molecule has 5 radical (unpaired) electrons. The van der Waals surface area contributed by atoms with E-state index in [9.17, 15) is 0 Å². The van der Waals surface area contributed by atoms with Crippen LogP contribution in [-0.2, 0) is 0 Å². The first kappa shape index (κ1) is 11.4. The normalized spacial score (nSPS) is 34.0. The number of hydrogen-bond acceptors (Lipinski definition) is 1. The van der Waals surface area contributed by atoms with Crippen molar-refractivity contribution in [2.75, 3.05) is 6.54 Å². The van der Waals surface area contributed by atoms with Crippen molar-refractivity contribution in [1.82, 2.24) is 4.90 Å². The fourth-order valence-corrected chi connectivity index (χ4v) is 2.88. The van der Waals surface area contributed by atoms with Crippen molar-refractivity contribution in [1.29, 1.82) is 0 Å². The van der Waals surface area contributed by atoms with Crippen molar-refractivity contribution in [2.45, 2.75) is 51.6 Å². The average molecular weight is 204 g/mol. The van der Waals surface area contributed by atoms with Gasteiger partial charge in [0.2, 0.25) is 0 Å². The Balaban J connectivity index is 1.90. The molecule has 2 atom stereocenters. The summed E-state index contributed by atoms with van der Waals surface area (Å²) in [6.07, 6.45) is 14.2. The van der Waals surface area contributed by atoms with Gasteiger partial charge in [0.25, 0.3) is 0 Å². The van der Waals surface area contributed by atoms with E-state index in [0.29, 0.717) is 0 Å². The van der Waals surface area contributed by atoms with Crippen molar-refractivity contribution >= 4 is 0 Å². The summed E-state index contributed by atoms with van der Waals surface area (Å²) in [5, 5.41) is 0. The minimum Gasteiger partial charge on any atom is -0.297 e. The lowest BCUT2D eigenvalue weighted by Crippen LogP contribution is -2.38. The summed E-state index contributed by atoms with van der Waals surface area (Å²) in [4.78, 5) is 2.72. The average Bonchev–Trinajstić information content (AvgIpc) is 2.87. The predicted molar refractivity (Wildman–Crippen MR) is 64.5 cm³/mol. The summed E-state index contributed by atoms with van der Waals surface area (Å²) < 4.78 is 0. The standard InChI is InChI=1S/C14H22N/c1-3-13-9-10-14(4-2)15(13)11-12-7-5-6-8-12/h5-8,13-14H,3-4,9-11H2,1-2H3/t13-,14-/m1/s1. The summed E-state index contributed by atoms with van der Waals surface area (Å²) in [7, 11) is 0. The Morgan fingerprint density at radius 1 is 1.07 bits per heavy atom. The Morgan fingerprint density at radius 3 is 2.07 bits per heavy atom. The molecule has 1 aliphatic carbocycles. The zero-order chi connectivity index (χ0) is 10.7. The van der Waals surface area contributed by atoms with Gasteiger partial charge in [-0.25, -0.2) is 0 Å². The largest absolute Gasteiger partial charge is 0.297 e. The van der Waals surface area contributed by atoms with Crippen LogP contribution in [0.1, 0.15) is 39.5 Å². The minimum atomic E-state index is 0.824. The second-order valence-corrected chi connectivity index (χ2v) is 4.67. The Morgan fingerprint density at radius 2 is 1.60 bits per heavy atom. The van der Waals surface area contributed by atoms with Gasteiger partial charge >= 0.3 is 0 Å². The van der Waals surface area contributed by atoms with Crippen LogP contribution in [0.4, 0.5) is 0 Å². The molecule has 0 N–H and O–H groups in total. The lowest BCUT2D eigenvalue weighted by molar-refractivity contribution is 0.195. The van der Waals surface area contributed by atoms with E-state index in [1.54, 1.807) is 0 Å². The highest BCUT2D eigenvalue weighted by molar-refractivity contribution is 5.36. The third kappa shape index (κ3) is 2.55. The number of nitrogens with zero attached hydrogens (tertiary/aromatic N) is 1. The van der Waals surface area contributed by atoms with Crippen LogP contribution in [0.5, 0.6) is 0 Å². The maximum Gasteiger partial charge on any atom is 0.00963 e. The molecule has 1 heteroatoms. The van der Waals surface area contributed by atoms with Gasteiger partial charge < -0.3 is 0 Å². The molecule has 1 aliphatic heterocycles. The van der Waals surface area contributed by atoms with Crippen LogP contribution in [0.25, 0.3) is 0 Å². The molecule has 0 aromatic carbocycles. The highest BCUT2D eigenvalue weighted by Gasteiger charge is 2.33.